The summed E-state index contributed by atoms with van der Waals surface area (Å²) in [5.41, 5.74) is 5.80. The maximum Gasteiger partial charge on any atom is 0.311 e. The third kappa shape index (κ3) is 2.46. The molecule has 1 aromatic carbocycles. The predicted octanol–water partition coefficient (Wildman–Crippen LogP) is 1.67. The van der Waals surface area contributed by atoms with Crippen LogP contribution in [0.1, 0.15) is 5.56 Å². The Bertz CT molecular complexity index is 583. The van der Waals surface area contributed by atoms with E-state index in [4.69, 9.17) is 22.1 Å². The molecule has 88 valence electrons. The first-order valence-corrected chi connectivity index (χ1v) is 5.29. The molecule has 0 aliphatic heterocycles. The van der Waals surface area contributed by atoms with Gasteiger partial charge in [0.1, 0.15) is 5.75 Å². The first kappa shape index (κ1) is 11.6. The van der Waals surface area contributed by atoms with Crippen molar-refractivity contribution in [2.24, 2.45) is 5.73 Å². The number of nitrogens with zero attached hydrogens (tertiary/aromatic N) is 1. The third-order valence-corrected chi connectivity index (χ3v) is 2.52. The summed E-state index contributed by atoms with van der Waals surface area (Å²) < 4.78 is 5.39. The van der Waals surface area contributed by atoms with Crippen LogP contribution in [0.4, 0.5) is 0 Å². The highest BCUT2D eigenvalue weighted by atomic mass is 35.5. The Morgan fingerprint density at radius 3 is 3.00 bits per heavy atom. The maximum absolute atomic E-state index is 11.4. The molecule has 0 spiro atoms. The monoisotopic (exact) mass is 251 g/mol. The fourth-order valence-electron chi connectivity index (χ4n) is 1.35. The van der Waals surface area contributed by atoms with Crippen LogP contribution in [-0.2, 0) is 6.54 Å². The summed E-state index contributed by atoms with van der Waals surface area (Å²) in [6, 6.07) is 5.11. The van der Waals surface area contributed by atoms with Gasteiger partial charge in [-0.05, 0) is 12.1 Å². The van der Waals surface area contributed by atoms with Gasteiger partial charge in [-0.25, -0.2) is 4.98 Å². The van der Waals surface area contributed by atoms with E-state index in [2.05, 4.69) is 9.97 Å². The Balaban J connectivity index is 2.40. The molecule has 0 radical (unpaired) electrons. The van der Waals surface area contributed by atoms with Crippen molar-refractivity contribution < 1.29 is 4.74 Å². The van der Waals surface area contributed by atoms with E-state index in [9.17, 15) is 4.79 Å². The minimum atomic E-state index is -0.407. The average molecular weight is 252 g/mol. The van der Waals surface area contributed by atoms with E-state index in [1.54, 1.807) is 18.2 Å². The second-order valence-electron chi connectivity index (χ2n) is 3.25. The average Bonchev–Trinajstić information content (AvgIpc) is 2.32. The summed E-state index contributed by atoms with van der Waals surface area (Å²) in [5.74, 6) is 0.397. The second-order valence-corrected chi connectivity index (χ2v) is 3.65. The standard InChI is InChI=1S/C11H10ClN3O2/c12-8-2-1-3-9(7(8)6-13)17-11-10(16)14-4-5-15-11/h1-5H,6,13H2,(H,14,16). The molecular formula is C11H10ClN3O2. The number of aromatic nitrogens is 2. The van der Waals surface area contributed by atoms with Crippen LogP contribution >= 0.6 is 11.6 Å². The molecule has 3 N–H and O–H groups in total. The van der Waals surface area contributed by atoms with Crippen molar-refractivity contribution in [1.29, 1.82) is 0 Å². The van der Waals surface area contributed by atoms with Gasteiger partial charge in [0.05, 0.1) is 0 Å². The fourth-order valence-corrected chi connectivity index (χ4v) is 1.59. The van der Waals surface area contributed by atoms with Gasteiger partial charge in [-0.1, -0.05) is 17.7 Å². The van der Waals surface area contributed by atoms with Crippen molar-refractivity contribution in [3.05, 3.63) is 51.5 Å². The Kier molecular flexibility index (Phi) is 3.41. The lowest BCUT2D eigenvalue weighted by Crippen LogP contribution is -2.10. The largest absolute Gasteiger partial charge is 0.434 e. The van der Waals surface area contributed by atoms with Crippen molar-refractivity contribution >= 4 is 11.6 Å². The van der Waals surface area contributed by atoms with Crippen molar-refractivity contribution in [2.75, 3.05) is 0 Å². The van der Waals surface area contributed by atoms with Crippen LogP contribution < -0.4 is 16.0 Å². The Morgan fingerprint density at radius 1 is 1.47 bits per heavy atom. The first-order valence-electron chi connectivity index (χ1n) is 4.91. The fraction of sp³-hybridized carbons (Fsp3) is 0.0909. The summed E-state index contributed by atoms with van der Waals surface area (Å²) in [6.07, 6.45) is 2.86. The van der Waals surface area contributed by atoms with E-state index >= 15 is 0 Å². The summed E-state index contributed by atoms with van der Waals surface area (Å²) in [7, 11) is 0. The molecule has 0 saturated carbocycles. The maximum atomic E-state index is 11.4. The van der Waals surface area contributed by atoms with E-state index in [0.717, 1.165) is 0 Å². The molecule has 6 heteroatoms. The molecule has 0 aliphatic carbocycles. The lowest BCUT2D eigenvalue weighted by atomic mass is 10.2. The number of halogens is 1. The third-order valence-electron chi connectivity index (χ3n) is 2.16. The number of ether oxygens (including phenoxy) is 1. The number of rotatable bonds is 3. The van der Waals surface area contributed by atoms with Gasteiger partial charge in [-0.2, -0.15) is 0 Å². The Morgan fingerprint density at radius 2 is 2.29 bits per heavy atom. The van der Waals surface area contributed by atoms with Crippen LogP contribution in [-0.4, -0.2) is 9.97 Å². The van der Waals surface area contributed by atoms with Gasteiger partial charge < -0.3 is 15.5 Å². The van der Waals surface area contributed by atoms with Crippen LogP contribution in [0.25, 0.3) is 0 Å². The van der Waals surface area contributed by atoms with Crippen molar-refractivity contribution in [3.63, 3.8) is 0 Å². The number of nitrogens with one attached hydrogen (secondary N) is 1. The van der Waals surface area contributed by atoms with E-state index in [-0.39, 0.29) is 12.4 Å². The van der Waals surface area contributed by atoms with Gasteiger partial charge in [0.2, 0.25) is 0 Å². The summed E-state index contributed by atoms with van der Waals surface area (Å²) in [6.45, 7) is 0.222. The van der Waals surface area contributed by atoms with Gasteiger partial charge in [0.15, 0.2) is 0 Å². The minimum Gasteiger partial charge on any atom is -0.434 e. The number of nitrogens with two attached hydrogens (primary N) is 1. The van der Waals surface area contributed by atoms with Crippen LogP contribution in [0.5, 0.6) is 11.6 Å². The van der Waals surface area contributed by atoms with Crippen LogP contribution in [0.2, 0.25) is 5.02 Å². The molecule has 17 heavy (non-hydrogen) atoms. The predicted molar refractivity (Wildman–Crippen MR) is 64.3 cm³/mol. The Hall–Kier alpha value is -1.85. The van der Waals surface area contributed by atoms with Gasteiger partial charge >= 0.3 is 5.56 Å². The zero-order chi connectivity index (χ0) is 12.3. The lowest BCUT2D eigenvalue weighted by molar-refractivity contribution is 0.449. The summed E-state index contributed by atoms with van der Waals surface area (Å²) in [4.78, 5) is 17.7. The zero-order valence-electron chi connectivity index (χ0n) is 8.81. The van der Waals surface area contributed by atoms with Gasteiger partial charge in [0, 0.05) is 29.5 Å². The number of hydrogen-bond acceptors (Lipinski definition) is 4. The second kappa shape index (κ2) is 4.99. The first-order chi connectivity index (χ1) is 8.22. The number of aromatic amines is 1. The molecule has 0 aliphatic rings. The van der Waals surface area contributed by atoms with E-state index < -0.39 is 5.56 Å². The number of hydrogen-bond donors (Lipinski definition) is 2. The highest BCUT2D eigenvalue weighted by Crippen LogP contribution is 2.27. The van der Waals surface area contributed by atoms with Crippen molar-refractivity contribution in [3.8, 4) is 11.6 Å². The van der Waals surface area contributed by atoms with Crippen LogP contribution in [0, 0.1) is 0 Å². The van der Waals surface area contributed by atoms with Gasteiger partial charge in [0.25, 0.3) is 5.88 Å². The zero-order valence-corrected chi connectivity index (χ0v) is 9.57. The van der Waals surface area contributed by atoms with E-state index in [1.165, 1.54) is 12.4 Å². The number of benzene rings is 1. The molecule has 0 fully saturated rings. The highest BCUT2D eigenvalue weighted by molar-refractivity contribution is 6.31. The highest BCUT2D eigenvalue weighted by Gasteiger charge is 2.09. The number of H-pyrrole nitrogens is 1. The molecule has 1 aromatic heterocycles. The molecule has 0 saturated heterocycles. The SMILES string of the molecule is NCc1c(Cl)cccc1Oc1ncc[nH]c1=O. The van der Waals surface area contributed by atoms with Gasteiger partial charge in [-0.3, -0.25) is 4.79 Å². The van der Waals surface area contributed by atoms with Gasteiger partial charge in [-0.15, -0.1) is 0 Å². The molecule has 0 bridgehead atoms. The van der Waals surface area contributed by atoms with Crippen LogP contribution in [0.15, 0.2) is 35.4 Å². The molecular weight excluding hydrogens is 242 g/mol. The lowest BCUT2D eigenvalue weighted by Gasteiger charge is -2.09. The molecule has 1 heterocycles. The smallest absolute Gasteiger partial charge is 0.311 e. The molecule has 0 unspecified atom stereocenters. The van der Waals surface area contributed by atoms with Crippen molar-refractivity contribution in [1.82, 2.24) is 9.97 Å². The summed E-state index contributed by atoms with van der Waals surface area (Å²) in [5, 5.41) is 0.498. The topological polar surface area (TPSA) is 81.0 Å². The van der Waals surface area contributed by atoms with E-state index in [1.807, 2.05) is 0 Å². The van der Waals surface area contributed by atoms with Crippen molar-refractivity contribution in [2.45, 2.75) is 6.54 Å². The Labute approximate surface area is 102 Å². The molecule has 0 atom stereocenters. The molecule has 2 aromatic rings. The normalized spacial score (nSPS) is 10.2. The summed E-state index contributed by atoms with van der Waals surface area (Å²) >= 11 is 5.97. The van der Waals surface area contributed by atoms with E-state index in [0.29, 0.717) is 16.3 Å². The molecule has 5 nitrogen and oxygen atoms in total. The van der Waals surface area contributed by atoms with Crippen LogP contribution in [0.3, 0.4) is 0 Å². The minimum absolute atomic E-state index is 0.0375. The quantitative estimate of drug-likeness (QED) is 0.870. The molecule has 2 rings (SSSR count). The molecule has 0 amide bonds.